The molecule has 0 rings (SSSR count). The first-order chi connectivity index (χ1) is 7.54. The van der Waals surface area contributed by atoms with Gasteiger partial charge in [0.2, 0.25) is 0 Å². The lowest BCUT2D eigenvalue weighted by molar-refractivity contribution is 0.0369. The maximum Gasteiger partial charge on any atom is 0.0700 e. The quantitative estimate of drug-likeness (QED) is 0.556. The molecule has 0 aliphatic rings. The van der Waals surface area contributed by atoms with E-state index in [2.05, 4.69) is 19.2 Å². The van der Waals surface area contributed by atoms with Gasteiger partial charge in [-0.3, -0.25) is 0 Å². The molecule has 0 heterocycles. The Hall–Kier alpha value is -0.160. The zero-order valence-corrected chi connectivity index (χ0v) is 11.1. The molecule has 4 nitrogen and oxygen atoms in total. The summed E-state index contributed by atoms with van der Waals surface area (Å²) in [6.07, 6.45) is 0.799. The van der Waals surface area contributed by atoms with Crippen LogP contribution in [0.15, 0.2) is 0 Å². The number of aliphatic hydroxyl groups is 1. The minimum Gasteiger partial charge on any atom is -0.394 e. The highest BCUT2D eigenvalue weighted by molar-refractivity contribution is 4.83. The Balaban J connectivity index is 3.61. The van der Waals surface area contributed by atoms with Crippen molar-refractivity contribution in [1.29, 1.82) is 0 Å². The van der Waals surface area contributed by atoms with Crippen LogP contribution in [0.1, 0.15) is 34.1 Å². The summed E-state index contributed by atoms with van der Waals surface area (Å²) in [5.74, 6) is 0. The first kappa shape index (κ1) is 15.8. The van der Waals surface area contributed by atoms with Crippen molar-refractivity contribution in [2.75, 3.05) is 33.0 Å². The summed E-state index contributed by atoms with van der Waals surface area (Å²) < 4.78 is 10.6. The highest BCUT2D eigenvalue weighted by atomic mass is 16.5. The maximum atomic E-state index is 9.33. The third-order valence-electron chi connectivity index (χ3n) is 2.36. The molecule has 0 aliphatic carbocycles. The minimum atomic E-state index is -0.250. The third-order valence-corrected chi connectivity index (χ3v) is 2.36. The van der Waals surface area contributed by atoms with Crippen LogP contribution < -0.4 is 5.32 Å². The van der Waals surface area contributed by atoms with Gasteiger partial charge >= 0.3 is 0 Å². The van der Waals surface area contributed by atoms with Gasteiger partial charge in [0.15, 0.2) is 0 Å². The van der Waals surface area contributed by atoms with Crippen molar-refractivity contribution in [3.8, 4) is 0 Å². The largest absolute Gasteiger partial charge is 0.394 e. The molecule has 16 heavy (non-hydrogen) atoms. The van der Waals surface area contributed by atoms with Gasteiger partial charge in [0, 0.05) is 24.8 Å². The smallest absolute Gasteiger partial charge is 0.0700 e. The van der Waals surface area contributed by atoms with E-state index >= 15 is 0 Å². The maximum absolute atomic E-state index is 9.33. The summed E-state index contributed by atoms with van der Waals surface area (Å²) in [6.45, 7) is 10.9. The lowest BCUT2D eigenvalue weighted by atomic mass is 9.98. The second kappa shape index (κ2) is 8.93. The normalized spacial score (nSPS) is 15.4. The molecular formula is C12H27NO3. The molecule has 1 atom stereocenters. The molecule has 0 aromatic heterocycles. The Kier molecular flexibility index (Phi) is 8.84. The van der Waals surface area contributed by atoms with Gasteiger partial charge in [-0.15, -0.1) is 0 Å². The minimum absolute atomic E-state index is 0.125. The molecule has 4 heteroatoms. The summed E-state index contributed by atoms with van der Waals surface area (Å²) in [4.78, 5) is 0. The summed E-state index contributed by atoms with van der Waals surface area (Å²) in [6, 6.07) is 0.362. The Morgan fingerprint density at radius 1 is 1.19 bits per heavy atom. The van der Waals surface area contributed by atoms with Gasteiger partial charge in [-0.05, 0) is 20.3 Å². The van der Waals surface area contributed by atoms with E-state index in [4.69, 9.17) is 9.47 Å². The van der Waals surface area contributed by atoms with Crippen LogP contribution in [0.3, 0.4) is 0 Å². The van der Waals surface area contributed by atoms with E-state index in [9.17, 15) is 5.11 Å². The second-order valence-electron chi connectivity index (χ2n) is 4.58. The van der Waals surface area contributed by atoms with E-state index in [1.54, 1.807) is 0 Å². The van der Waals surface area contributed by atoms with E-state index in [0.717, 1.165) is 13.0 Å². The molecule has 98 valence electrons. The molecule has 0 spiro atoms. The SMILES string of the molecule is CCOCCOCCC(C)(CO)NC(C)C. The van der Waals surface area contributed by atoms with E-state index in [-0.39, 0.29) is 12.1 Å². The molecule has 0 aromatic carbocycles. The lowest BCUT2D eigenvalue weighted by Crippen LogP contribution is -2.49. The summed E-state index contributed by atoms with van der Waals surface area (Å²) in [5.41, 5.74) is -0.250. The monoisotopic (exact) mass is 233 g/mol. The molecule has 0 radical (unpaired) electrons. The number of rotatable bonds is 10. The molecule has 0 aliphatic heterocycles. The van der Waals surface area contributed by atoms with Crippen molar-refractivity contribution < 1.29 is 14.6 Å². The van der Waals surface area contributed by atoms with Crippen LogP contribution in [-0.4, -0.2) is 49.7 Å². The summed E-state index contributed by atoms with van der Waals surface area (Å²) >= 11 is 0. The average molecular weight is 233 g/mol. The van der Waals surface area contributed by atoms with Crippen LogP contribution in [0, 0.1) is 0 Å². The van der Waals surface area contributed by atoms with Crippen molar-refractivity contribution in [3.05, 3.63) is 0 Å². The summed E-state index contributed by atoms with van der Waals surface area (Å²) in [7, 11) is 0. The molecular weight excluding hydrogens is 206 g/mol. The van der Waals surface area contributed by atoms with Crippen molar-refractivity contribution in [2.24, 2.45) is 0 Å². The van der Waals surface area contributed by atoms with Crippen LogP contribution in [-0.2, 0) is 9.47 Å². The molecule has 0 amide bonds. The Morgan fingerprint density at radius 2 is 1.81 bits per heavy atom. The predicted octanol–water partition coefficient (Wildman–Crippen LogP) is 1.18. The fraction of sp³-hybridized carbons (Fsp3) is 1.00. The van der Waals surface area contributed by atoms with Gasteiger partial charge in [-0.1, -0.05) is 13.8 Å². The number of hydrogen-bond donors (Lipinski definition) is 2. The van der Waals surface area contributed by atoms with Crippen LogP contribution >= 0.6 is 0 Å². The van der Waals surface area contributed by atoms with Gasteiger partial charge in [-0.25, -0.2) is 0 Å². The Bertz CT molecular complexity index is 164. The van der Waals surface area contributed by atoms with Gasteiger partial charge in [0.05, 0.1) is 19.8 Å². The van der Waals surface area contributed by atoms with Crippen LogP contribution in [0.5, 0.6) is 0 Å². The molecule has 1 unspecified atom stereocenters. The fourth-order valence-corrected chi connectivity index (χ4v) is 1.56. The molecule has 0 saturated heterocycles. The second-order valence-corrected chi connectivity index (χ2v) is 4.58. The highest BCUT2D eigenvalue weighted by Gasteiger charge is 2.23. The predicted molar refractivity (Wildman–Crippen MR) is 65.7 cm³/mol. The van der Waals surface area contributed by atoms with Gasteiger partial charge in [0.25, 0.3) is 0 Å². The lowest BCUT2D eigenvalue weighted by Gasteiger charge is -2.31. The van der Waals surface area contributed by atoms with Crippen molar-refractivity contribution >= 4 is 0 Å². The number of nitrogens with one attached hydrogen (secondary N) is 1. The van der Waals surface area contributed by atoms with Crippen LogP contribution in [0.25, 0.3) is 0 Å². The van der Waals surface area contributed by atoms with Crippen molar-refractivity contribution in [1.82, 2.24) is 5.32 Å². The van der Waals surface area contributed by atoms with Crippen LogP contribution in [0.2, 0.25) is 0 Å². The van der Waals surface area contributed by atoms with Crippen molar-refractivity contribution in [2.45, 2.75) is 45.7 Å². The van der Waals surface area contributed by atoms with E-state index in [1.807, 2.05) is 13.8 Å². The number of hydrogen-bond acceptors (Lipinski definition) is 4. The average Bonchev–Trinajstić information content (AvgIpc) is 2.22. The standard InChI is InChI=1S/C12H27NO3/c1-5-15-8-9-16-7-6-12(4,10-14)13-11(2)3/h11,13-14H,5-10H2,1-4H3. The van der Waals surface area contributed by atoms with E-state index in [1.165, 1.54) is 0 Å². The molecule has 2 N–H and O–H groups in total. The summed E-state index contributed by atoms with van der Waals surface area (Å²) in [5, 5.41) is 12.7. The molecule has 0 fully saturated rings. The third kappa shape index (κ3) is 8.05. The Labute approximate surface area is 99.3 Å². The zero-order valence-electron chi connectivity index (χ0n) is 11.1. The highest BCUT2D eigenvalue weighted by Crippen LogP contribution is 2.10. The molecule has 0 saturated carbocycles. The van der Waals surface area contributed by atoms with E-state index < -0.39 is 0 Å². The first-order valence-electron chi connectivity index (χ1n) is 6.08. The number of aliphatic hydroxyl groups excluding tert-OH is 1. The topological polar surface area (TPSA) is 50.7 Å². The van der Waals surface area contributed by atoms with Gasteiger partial charge in [-0.2, -0.15) is 0 Å². The fourth-order valence-electron chi connectivity index (χ4n) is 1.56. The van der Waals surface area contributed by atoms with Gasteiger partial charge < -0.3 is 19.9 Å². The van der Waals surface area contributed by atoms with Crippen molar-refractivity contribution in [3.63, 3.8) is 0 Å². The first-order valence-corrected chi connectivity index (χ1v) is 6.08. The molecule has 0 bridgehead atoms. The zero-order chi connectivity index (χ0) is 12.4. The Morgan fingerprint density at radius 3 is 2.31 bits per heavy atom. The van der Waals surface area contributed by atoms with Crippen LogP contribution in [0.4, 0.5) is 0 Å². The molecule has 0 aromatic rings. The van der Waals surface area contributed by atoms with Gasteiger partial charge in [0.1, 0.15) is 0 Å². The number of ether oxygens (including phenoxy) is 2. The van der Waals surface area contributed by atoms with E-state index in [0.29, 0.717) is 25.9 Å².